The molecule has 0 unspecified atom stereocenters. The zero-order valence-electron chi connectivity index (χ0n) is 16.6. The Balaban J connectivity index is 1.36. The van der Waals surface area contributed by atoms with Crippen molar-refractivity contribution in [1.82, 2.24) is 9.80 Å². The highest BCUT2D eigenvalue weighted by Crippen LogP contribution is 2.21. The van der Waals surface area contributed by atoms with Crippen molar-refractivity contribution in [1.29, 1.82) is 0 Å². The van der Waals surface area contributed by atoms with Crippen LogP contribution in [0.2, 0.25) is 0 Å². The molecule has 0 atom stereocenters. The quantitative estimate of drug-likeness (QED) is 0.637. The summed E-state index contributed by atoms with van der Waals surface area (Å²) in [5, 5.41) is 6.96. The van der Waals surface area contributed by atoms with Gasteiger partial charge in [0.25, 0.3) is 0 Å². The minimum atomic E-state index is 0.832. The Morgan fingerprint density at radius 1 is 0.893 bits per heavy atom. The van der Waals surface area contributed by atoms with Gasteiger partial charge in [0.05, 0.1) is 0 Å². The second kappa shape index (κ2) is 8.29. The lowest BCUT2D eigenvalue weighted by Gasteiger charge is -2.36. The molecule has 4 rings (SSSR count). The first kappa shape index (κ1) is 18.9. The summed E-state index contributed by atoms with van der Waals surface area (Å²) in [6.07, 6.45) is 0. The van der Waals surface area contributed by atoms with Crippen molar-refractivity contribution < 1.29 is 0 Å². The SMILES string of the molecule is Cc1cccc(NC(=S)N2CCN(Cc3cccc4ccccc34)CC2)c1C. The van der Waals surface area contributed by atoms with E-state index in [1.807, 2.05) is 0 Å². The number of aryl methyl sites for hydroxylation is 1. The minimum Gasteiger partial charge on any atom is -0.346 e. The highest BCUT2D eigenvalue weighted by Gasteiger charge is 2.20. The lowest BCUT2D eigenvalue weighted by Crippen LogP contribution is -2.49. The first-order valence-electron chi connectivity index (χ1n) is 9.93. The van der Waals surface area contributed by atoms with Crippen LogP contribution in [0.25, 0.3) is 10.8 Å². The normalized spacial score (nSPS) is 15.0. The summed E-state index contributed by atoms with van der Waals surface area (Å²) in [6.45, 7) is 9.24. The first-order valence-corrected chi connectivity index (χ1v) is 10.3. The van der Waals surface area contributed by atoms with Gasteiger partial charge in [0.2, 0.25) is 0 Å². The summed E-state index contributed by atoms with van der Waals surface area (Å²) in [7, 11) is 0. The summed E-state index contributed by atoms with van der Waals surface area (Å²) in [5.41, 5.74) is 5.07. The molecule has 0 bridgehead atoms. The molecular weight excluding hydrogens is 362 g/mol. The van der Waals surface area contributed by atoms with Crippen LogP contribution in [0.5, 0.6) is 0 Å². The number of piperazine rings is 1. The molecule has 0 radical (unpaired) electrons. The number of thiocarbonyl (C=S) groups is 1. The van der Waals surface area contributed by atoms with E-state index in [1.165, 1.54) is 27.5 Å². The smallest absolute Gasteiger partial charge is 0.173 e. The first-order chi connectivity index (χ1) is 13.6. The molecule has 1 aliphatic rings. The van der Waals surface area contributed by atoms with E-state index in [1.54, 1.807) is 0 Å². The van der Waals surface area contributed by atoms with E-state index in [9.17, 15) is 0 Å². The Kier molecular flexibility index (Phi) is 5.60. The van der Waals surface area contributed by atoms with Crippen molar-refractivity contribution in [3.63, 3.8) is 0 Å². The van der Waals surface area contributed by atoms with Gasteiger partial charge in [-0.15, -0.1) is 0 Å². The molecule has 1 aliphatic heterocycles. The van der Waals surface area contributed by atoms with Crippen LogP contribution in [-0.4, -0.2) is 41.1 Å². The van der Waals surface area contributed by atoms with Crippen molar-refractivity contribution >= 4 is 33.8 Å². The third kappa shape index (κ3) is 4.03. The maximum atomic E-state index is 5.69. The number of anilines is 1. The molecule has 1 fully saturated rings. The molecule has 144 valence electrons. The number of rotatable bonds is 3. The van der Waals surface area contributed by atoms with Crippen LogP contribution in [0.15, 0.2) is 60.7 Å². The number of hydrogen-bond donors (Lipinski definition) is 1. The standard InChI is InChI=1S/C24H27N3S/c1-18-7-5-12-23(19(18)2)25-24(28)27-15-13-26(14-16-27)17-21-10-6-9-20-8-3-4-11-22(20)21/h3-12H,13-17H2,1-2H3,(H,25,28). The monoisotopic (exact) mass is 389 g/mol. The molecule has 3 nitrogen and oxygen atoms in total. The molecule has 4 heteroatoms. The van der Waals surface area contributed by atoms with Gasteiger partial charge < -0.3 is 10.2 Å². The number of nitrogens with one attached hydrogen (secondary N) is 1. The maximum Gasteiger partial charge on any atom is 0.173 e. The van der Waals surface area contributed by atoms with Crippen molar-refractivity contribution in [2.45, 2.75) is 20.4 Å². The zero-order valence-corrected chi connectivity index (χ0v) is 17.4. The third-order valence-corrected chi connectivity index (χ3v) is 6.14. The third-order valence-electron chi connectivity index (χ3n) is 5.78. The molecule has 0 amide bonds. The number of fused-ring (bicyclic) bond motifs is 1. The largest absolute Gasteiger partial charge is 0.346 e. The van der Waals surface area contributed by atoms with Gasteiger partial charge in [0.1, 0.15) is 0 Å². The number of benzene rings is 3. The molecule has 0 aliphatic carbocycles. The van der Waals surface area contributed by atoms with E-state index in [2.05, 4.69) is 89.6 Å². The van der Waals surface area contributed by atoms with Crippen molar-refractivity contribution in [2.75, 3.05) is 31.5 Å². The Bertz CT molecular complexity index is 985. The Morgan fingerprint density at radius 3 is 2.43 bits per heavy atom. The van der Waals surface area contributed by atoms with Gasteiger partial charge in [0, 0.05) is 38.4 Å². The Labute approximate surface area is 173 Å². The van der Waals surface area contributed by atoms with Crippen LogP contribution in [-0.2, 0) is 6.54 Å². The van der Waals surface area contributed by atoms with Gasteiger partial charge in [-0.2, -0.15) is 0 Å². The van der Waals surface area contributed by atoms with Crippen LogP contribution in [0, 0.1) is 13.8 Å². The predicted molar refractivity (Wildman–Crippen MR) is 123 cm³/mol. The van der Waals surface area contributed by atoms with Crippen LogP contribution in [0.4, 0.5) is 5.69 Å². The fourth-order valence-corrected chi connectivity index (χ4v) is 4.15. The molecule has 1 heterocycles. The van der Waals surface area contributed by atoms with Gasteiger partial charge in [-0.05, 0) is 59.6 Å². The summed E-state index contributed by atoms with van der Waals surface area (Å²) in [5.74, 6) is 0. The van der Waals surface area contributed by atoms with Gasteiger partial charge >= 0.3 is 0 Å². The van der Waals surface area contributed by atoms with Crippen molar-refractivity contribution in [3.8, 4) is 0 Å². The van der Waals surface area contributed by atoms with Crippen molar-refractivity contribution in [2.24, 2.45) is 0 Å². The van der Waals surface area contributed by atoms with E-state index in [-0.39, 0.29) is 0 Å². The average molecular weight is 390 g/mol. The van der Waals surface area contributed by atoms with Crippen molar-refractivity contribution in [3.05, 3.63) is 77.4 Å². The lowest BCUT2D eigenvalue weighted by molar-refractivity contribution is 0.177. The summed E-state index contributed by atoms with van der Waals surface area (Å²) in [6, 6.07) is 21.6. The molecule has 0 aromatic heterocycles. The Morgan fingerprint density at radius 2 is 1.61 bits per heavy atom. The van der Waals surface area contributed by atoms with Crippen LogP contribution < -0.4 is 5.32 Å². The van der Waals surface area contributed by atoms with E-state index in [0.29, 0.717) is 0 Å². The van der Waals surface area contributed by atoms with Gasteiger partial charge in [-0.1, -0.05) is 54.6 Å². The van der Waals surface area contributed by atoms with E-state index in [0.717, 1.165) is 43.5 Å². The van der Waals surface area contributed by atoms with Crippen LogP contribution in [0.1, 0.15) is 16.7 Å². The second-order valence-corrected chi connectivity index (χ2v) is 7.97. The van der Waals surface area contributed by atoms with E-state index >= 15 is 0 Å². The maximum absolute atomic E-state index is 5.69. The molecule has 28 heavy (non-hydrogen) atoms. The molecule has 0 saturated carbocycles. The highest BCUT2D eigenvalue weighted by atomic mass is 32.1. The fourth-order valence-electron chi connectivity index (χ4n) is 3.86. The average Bonchev–Trinajstić information content (AvgIpc) is 2.72. The minimum absolute atomic E-state index is 0.832. The van der Waals surface area contributed by atoms with E-state index in [4.69, 9.17) is 12.2 Å². The van der Waals surface area contributed by atoms with Gasteiger partial charge in [-0.25, -0.2) is 0 Å². The molecule has 0 spiro atoms. The number of hydrogen-bond acceptors (Lipinski definition) is 2. The summed E-state index contributed by atoms with van der Waals surface area (Å²) in [4.78, 5) is 4.81. The predicted octanol–water partition coefficient (Wildman–Crippen LogP) is 4.97. The zero-order chi connectivity index (χ0) is 19.5. The second-order valence-electron chi connectivity index (χ2n) is 7.58. The summed E-state index contributed by atoms with van der Waals surface area (Å²) < 4.78 is 0. The molecule has 1 N–H and O–H groups in total. The van der Waals surface area contributed by atoms with Gasteiger partial charge in [-0.3, -0.25) is 4.90 Å². The fraction of sp³-hybridized carbons (Fsp3) is 0.292. The summed E-state index contributed by atoms with van der Waals surface area (Å²) >= 11 is 5.69. The molecule has 1 saturated heterocycles. The highest BCUT2D eigenvalue weighted by molar-refractivity contribution is 7.80. The van der Waals surface area contributed by atoms with Gasteiger partial charge in [0.15, 0.2) is 5.11 Å². The topological polar surface area (TPSA) is 18.5 Å². The molecule has 3 aromatic carbocycles. The number of nitrogens with zero attached hydrogens (tertiary/aromatic N) is 2. The van der Waals surface area contributed by atoms with E-state index < -0.39 is 0 Å². The van der Waals surface area contributed by atoms with Crippen LogP contribution >= 0.6 is 12.2 Å². The Hall–Kier alpha value is -2.43. The van der Waals surface area contributed by atoms with Crippen LogP contribution in [0.3, 0.4) is 0 Å². The molecular formula is C24H27N3S. The lowest BCUT2D eigenvalue weighted by atomic mass is 10.0. The molecule has 3 aromatic rings.